The summed E-state index contributed by atoms with van der Waals surface area (Å²) >= 11 is 0. The topological polar surface area (TPSA) is 58.6 Å². The van der Waals surface area contributed by atoms with E-state index in [0.29, 0.717) is 12.3 Å². The molecule has 0 spiro atoms. The van der Waals surface area contributed by atoms with E-state index in [1.807, 2.05) is 37.3 Å². The van der Waals surface area contributed by atoms with E-state index >= 15 is 0 Å². The zero-order chi connectivity index (χ0) is 25.2. The maximum Gasteiger partial charge on any atom is 0.274 e. The van der Waals surface area contributed by atoms with Gasteiger partial charge in [0.05, 0.1) is 12.3 Å². The normalized spacial score (nSPS) is 14.7. The van der Waals surface area contributed by atoms with Crippen LogP contribution in [0.5, 0.6) is 0 Å². The number of hydrogen-bond acceptors (Lipinski definition) is 3. The Morgan fingerprint density at radius 3 is 2.03 bits per heavy atom. The number of aryl methyl sites for hydroxylation is 1. The molecule has 3 aromatic rings. The summed E-state index contributed by atoms with van der Waals surface area (Å²) in [6, 6.07) is 26.9. The summed E-state index contributed by atoms with van der Waals surface area (Å²) in [5.41, 5.74) is 2.83. The van der Waals surface area contributed by atoms with Crippen LogP contribution in [0.25, 0.3) is 0 Å². The van der Waals surface area contributed by atoms with E-state index in [-0.39, 0.29) is 29.1 Å². The second-order valence-electron chi connectivity index (χ2n) is 9.98. The molecular weight excluding hydrogens is 452 g/mol. The summed E-state index contributed by atoms with van der Waals surface area (Å²) in [4.78, 5) is 26.0. The summed E-state index contributed by atoms with van der Waals surface area (Å²) < 4.78 is 7.05. The molecule has 1 aliphatic rings. The molecule has 1 saturated heterocycles. The van der Waals surface area contributed by atoms with E-state index in [1.54, 1.807) is 0 Å². The van der Waals surface area contributed by atoms with Gasteiger partial charge in [-0.1, -0.05) is 94.1 Å². The Hall–Kier alpha value is -3.48. The van der Waals surface area contributed by atoms with E-state index in [0.717, 1.165) is 11.1 Å². The van der Waals surface area contributed by atoms with E-state index < -0.39 is 8.32 Å². The monoisotopic (exact) mass is 484 g/mol. The van der Waals surface area contributed by atoms with Crippen molar-refractivity contribution < 1.29 is 14.0 Å². The Bertz CT molecular complexity index is 1210. The van der Waals surface area contributed by atoms with E-state index in [4.69, 9.17) is 4.43 Å². The standard InChI is InChI=1S/C29H32N2O3Si/c1-21-18-24(31-19-27(32)30-22(2)28(31)33)17-16-23(21)20-34-35(29(3,4)5,25-12-8-6-9-13-25)26-14-10-7-11-15-26/h6-18H,2,19-20H2,1,3-5H3,(H,30,32). The maximum absolute atomic E-state index is 12.5. The van der Waals surface area contributed by atoms with Crippen LogP contribution in [0.15, 0.2) is 91.1 Å². The Morgan fingerprint density at radius 2 is 1.51 bits per heavy atom. The number of hydrogen-bond donors (Lipinski definition) is 1. The number of carbonyl (C=O) groups excluding carboxylic acids is 2. The van der Waals surface area contributed by atoms with Gasteiger partial charge in [0.1, 0.15) is 6.54 Å². The lowest BCUT2D eigenvalue weighted by Crippen LogP contribution is -2.66. The van der Waals surface area contributed by atoms with Crippen molar-refractivity contribution in [2.45, 2.75) is 39.3 Å². The van der Waals surface area contributed by atoms with Gasteiger partial charge in [-0.15, -0.1) is 0 Å². The highest BCUT2D eigenvalue weighted by atomic mass is 28.4. The third-order valence-corrected chi connectivity index (χ3v) is 11.6. The molecule has 0 unspecified atom stereocenters. The average molecular weight is 485 g/mol. The van der Waals surface area contributed by atoms with E-state index in [1.165, 1.54) is 15.3 Å². The first-order chi connectivity index (χ1) is 16.6. The summed E-state index contributed by atoms with van der Waals surface area (Å²) in [7, 11) is -2.66. The maximum atomic E-state index is 12.5. The molecule has 35 heavy (non-hydrogen) atoms. The molecule has 0 saturated carbocycles. The van der Waals surface area contributed by atoms with Crippen LogP contribution in [-0.2, 0) is 20.6 Å². The molecule has 1 heterocycles. The van der Waals surface area contributed by atoms with Gasteiger partial charge in [0.15, 0.2) is 0 Å². The first kappa shape index (κ1) is 24.6. The number of nitrogens with zero attached hydrogens (tertiary/aromatic N) is 1. The fourth-order valence-electron chi connectivity index (χ4n) is 4.81. The molecule has 180 valence electrons. The van der Waals surface area contributed by atoms with Gasteiger partial charge in [0.25, 0.3) is 14.2 Å². The summed E-state index contributed by atoms with van der Waals surface area (Å²) in [5, 5.41) is 4.85. The number of anilines is 1. The number of carbonyl (C=O) groups is 2. The number of amides is 2. The SMILES string of the molecule is C=C1NC(=O)CN(c2ccc(CO[Si](c3ccccc3)(c3ccccc3)C(C)(C)C)c(C)c2)C1=O. The number of benzene rings is 3. The average Bonchev–Trinajstić information content (AvgIpc) is 2.83. The highest BCUT2D eigenvalue weighted by molar-refractivity contribution is 6.99. The van der Waals surface area contributed by atoms with E-state index in [9.17, 15) is 9.59 Å². The molecule has 6 heteroatoms. The zero-order valence-electron chi connectivity index (χ0n) is 20.8. The molecule has 2 amide bonds. The molecule has 0 aliphatic carbocycles. The van der Waals surface area contributed by atoms with Gasteiger partial charge in [-0.2, -0.15) is 0 Å². The van der Waals surface area contributed by atoms with Gasteiger partial charge < -0.3 is 9.74 Å². The molecule has 0 bridgehead atoms. The van der Waals surface area contributed by atoms with Gasteiger partial charge in [-0.25, -0.2) is 0 Å². The van der Waals surface area contributed by atoms with Crippen molar-refractivity contribution in [2.75, 3.05) is 11.4 Å². The van der Waals surface area contributed by atoms with Crippen molar-refractivity contribution in [2.24, 2.45) is 0 Å². The molecule has 0 atom stereocenters. The molecule has 1 fully saturated rings. The highest BCUT2D eigenvalue weighted by Crippen LogP contribution is 2.37. The minimum Gasteiger partial charge on any atom is -0.403 e. The van der Waals surface area contributed by atoms with Crippen molar-refractivity contribution in [1.82, 2.24) is 5.32 Å². The second-order valence-corrected chi connectivity index (χ2v) is 14.3. The van der Waals surface area contributed by atoms with Crippen LogP contribution < -0.4 is 20.6 Å². The van der Waals surface area contributed by atoms with Gasteiger partial charge in [-0.3, -0.25) is 14.5 Å². The van der Waals surface area contributed by atoms with Crippen LogP contribution in [0.2, 0.25) is 5.04 Å². The third-order valence-electron chi connectivity index (χ3n) is 6.59. The smallest absolute Gasteiger partial charge is 0.274 e. The molecule has 5 nitrogen and oxygen atoms in total. The number of piperazine rings is 1. The number of rotatable bonds is 6. The molecule has 1 aliphatic heterocycles. The lowest BCUT2D eigenvalue weighted by molar-refractivity contribution is -0.125. The highest BCUT2D eigenvalue weighted by Gasteiger charge is 2.50. The summed E-state index contributed by atoms with van der Waals surface area (Å²) in [6.45, 7) is 12.9. The van der Waals surface area contributed by atoms with Crippen molar-refractivity contribution in [3.8, 4) is 0 Å². The minimum absolute atomic E-state index is 0.0186. The lowest BCUT2D eigenvalue weighted by atomic mass is 10.1. The summed E-state index contributed by atoms with van der Waals surface area (Å²) in [5.74, 6) is -0.536. The van der Waals surface area contributed by atoms with Gasteiger partial charge in [0.2, 0.25) is 5.91 Å². The van der Waals surface area contributed by atoms with Gasteiger partial charge >= 0.3 is 0 Å². The largest absolute Gasteiger partial charge is 0.403 e. The molecule has 3 aromatic carbocycles. The predicted octanol–water partition coefficient (Wildman–Crippen LogP) is 4.05. The first-order valence-electron chi connectivity index (χ1n) is 11.8. The van der Waals surface area contributed by atoms with Gasteiger partial charge in [0, 0.05) is 5.69 Å². The first-order valence-corrected chi connectivity index (χ1v) is 13.7. The molecular formula is C29H32N2O3Si. The zero-order valence-corrected chi connectivity index (χ0v) is 21.8. The third kappa shape index (κ3) is 4.72. The van der Waals surface area contributed by atoms with Crippen LogP contribution in [0.3, 0.4) is 0 Å². The van der Waals surface area contributed by atoms with Crippen LogP contribution in [0.1, 0.15) is 31.9 Å². The molecule has 4 rings (SSSR count). The van der Waals surface area contributed by atoms with Crippen LogP contribution in [0, 0.1) is 6.92 Å². The Labute approximate surface area is 208 Å². The Kier molecular flexibility index (Phi) is 6.79. The van der Waals surface area contributed by atoms with Crippen molar-refractivity contribution in [1.29, 1.82) is 0 Å². The quantitative estimate of drug-likeness (QED) is 0.424. The fraction of sp³-hybridized carbons (Fsp3) is 0.241. The molecule has 1 N–H and O–H groups in total. The summed E-state index contributed by atoms with van der Waals surface area (Å²) in [6.07, 6.45) is 0. The van der Waals surface area contributed by atoms with E-state index in [2.05, 4.69) is 81.2 Å². The van der Waals surface area contributed by atoms with Crippen molar-refractivity contribution in [3.05, 3.63) is 102 Å². The van der Waals surface area contributed by atoms with Crippen LogP contribution >= 0.6 is 0 Å². The molecule has 0 aromatic heterocycles. The second kappa shape index (κ2) is 9.64. The Morgan fingerprint density at radius 1 is 0.943 bits per heavy atom. The predicted molar refractivity (Wildman–Crippen MR) is 143 cm³/mol. The van der Waals surface area contributed by atoms with Crippen LogP contribution in [0.4, 0.5) is 5.69 Å². The van der Waals surface area contributed by atoms with Gasteiger partial charge in [-0.05, 0) is 45.6 Å². The lowest BCUT2D eigenvalue weighted by Gasteiger charge is -2.43. The molecule has 0 radical (unpaired) electrons. The van der Waals surface area contributed by atoms with Crippen LogP contribution in [-0.4, -0.2) is 26.7 Å². The fourth-order valence-corrected chi connectivity index (χ4v) is 9.33. The van der Waals surface area contributed by atoms with Crippen molar-refractivity contribution in [3.63, 3.8) is 0 Å². The Balaban J connectivity index is 1.69. The minimum atomic E-state index is -2.66. The number of nitrogens with one attached hydrogen (secondary N) is 1. The van der Waals surface area contributed by atoms with Crippen molar-refractivity contribution >= 4 is 36.2 Å².